The first-order chi connectivity index (χ1) is 13.5. The summed E-state index contributed by atoms with van der Waals surface area (Å²) in [6, 6.07) is 7.15. The van der Waals surface area contributed by atoms with Gasteiger partial charge in [0.1, 0.15) is 39.4 Å². The van der Waals surface area contributed by atoms with Crippen molar-refractivity contribution in [2.75, 3.05) is 28.4 Å². The van der Waals surface area contributed by atoms with Crippen molar-refractivity contribution in [1.29, 1.82) is 0 Å². The molecule has 1 aromatic carbocycles. The largest absolute Gasteiger partial charge is 0.399 e. The lowest BCUT2D eigenvalue weighted by atomic mass is 10.0. The number of oxime groups is 4. The van der Waals surface area contributed by atoms with Crippen molar-refractivity contribution in [3.05, 3.63) is 35.4 Å². The minimum absolute atomic E-state index is 0.0912. The number of hydrogen-bond acceptors (Lipinski definition) is 9. The second-order valence-electron chi connectivity index (χ2n) is 5.29. The third-order valence-electron chi connectivity index (χ3n) is 3.41. The molecule has 0 aliphatic heterocycles. The summed E-state index contributed by atoms with van der Waals surface area (Å²) in [7, 11) is 5.73. The fourth-order valence-electron chi connectivity index (χ4n) is 2.21. The van der Waals surface area contributed by atoms with Gasteiger partial charge in [0.2, 0.25) is 0 Å². The fourth-order valence-corrected chi connectivity index (χ4v) is 2.21. The van der Waals surface area contributed by atoms with Gasteiger partial charge in [-0.3, -0.25) is 4.79 Å². The number of hydrogen-bond donors (Lipinski definition) is 1. The Hall–Kier alpha value is -3.43. The lowest BCUT2D eigenvalue weighted by Gasteiger charge is -2.10. The van der Waals surface area contributed by atoms with Gasteiger partial charge in [0.25, 0.3) is 5.91 Å². The minimum Gasteiger partial charge on any atom is -0.399 e. The van der Waals surface area contributed by atoms with Gasteiger partial charge >= 0.3 is 0 Å². The Balaban J connectivity index is 3.06. The highest BCUT2D eigenvalue weighted by molar-refractivity contribution is 6.67. The average Bonchev–Trinajstić information content (AvgIpc) is 2.70. The quantitative estimate of drug-likeness (QED) is 0.481. The molecule has 0 aliphatic carbocycles. The average molecular weight is 391 g/mol. The maximum absolute atomic E-state index is 12.1. The van der Waals surface area contributed by atoms with Gasteiger partial charge in [0, 0.05) is 18.2 Å². The molecule has 0 saturated heterocycles. The van der Waals surface area contributed by atoms with Crippen LogP contribution in [0.1, 0.15) is 25.0 Å². The maximum atomic E-state index is 12.1. The summed E-state index contributed by atoms with van der Waals surface area (Å²) in [6.07, 6.45) is 0. The number of nitrogens with one attached hydrogen (secondary N) is 1. The molecule has 0 aliphatic rings. The van der Waals surface area contributed by atoms with Crippen molar-refractivity contribution in [3.8, 4) is 0 Å². The molecule has 1 aromatic rings. The van der Waals surface area contributed by atoms with Crippen LogP contribution in [-0.2, 0) is 30.8 Å². The molecule has 1 rings (SSSR count). The monoisotopic (exact) mass is 391 g/mol. The van der Waals surface area contributed by atoms with Gasteiger partial charge in [-0.1, -0.05) is 44.9 Å². The molecule has 1 N–H and O–H groups in total. The summed E-state index contributed by atoms with van der Waals surface area (Å²) in [4.78, 5) is 31.9. The Labute approximate surface area is 163 Å². The first kappa shape index (κ1) is 22.6. The van der Waals surface area contributed by atoms with Crippen LogP contribution in [0.4, 0.5) is 0 Å². The van der Waals surface area contributed by atoms with E-state index in [9.17, 15) is 4.79 Å². The molecule has 0 spiro atoms. The lowest BCUT2D eigenvalue weighted by molar-refractivity contribution is -0.114. The Bertz CT molecular complexity index is 786. The standard InChI is InChI=1S/C18H25N5O5/c1-12(20-25-4)16(22-26-5)13(2)21-28-11-14-9-7-8-10-15(14)17(23-27-6)18(24)19-3/h7-10H,11H2,1-6H3,(H,19,24)/b20-12+,21-13-,22-16?,23-17+. The topological polar surface area (TPSA) is 115 Å². The van der Waals surface area contributed by atoms with E-state index in [0.717, 1.165) is 0 Å². The second kappa shape index (κ2) is 12.0. The molecule has 0 saturated carbocycles. The van der Waals surface area contributed by atoms with Crippen molar-refractivity contribution in [3.63, 3.8) is 0 Å². The summed E-state index contributed by atoms with van der Waals surface area (Å²) in [5, 5.41) is 18.1. The Morgan fingerprint density at radius 3 is 2.14 bits per heavy atom. The van der Waals surface area contributed by atoms with Gasteiger partial charge in [-0.25, -0.2) is 0 Å². The molecule has 0 heterocycles. The van der Waals surface area contributed by atoms with E-state index >= 15 is 0 Å². The normalized spacial score (nSPS) is 13.1. The number of benzene rings is 1. The molecule has 0 bridgehead atoms. The highest BCUT2D eigenvalue weighted by atomic mass is 16.6. The molecule has 10 nitrogen and oxygen atoms in total. The zero-order valence-electron chi connectivity index (χ0n) is 16.8. The molecule has 0 aromatic heterocycles. The number of carbonyl (C=O) groups excluding carboxylic acids is 1. The zero-order chi connectivity index (χ0) is 20.9. The number of carbonyl (C=O) groups is 1. The van der Waals surface area contributed by atoms with E-state index in [1.807, 2.05) is 6.07 Å². The van der Waals surface area contributed by atoms with Crippen LogP contribution in [0.2, 0.25) is 0 Å². The molecule has 152 valence electrons. The van der Waals surface area contributed by atoms with Gasteiger partial charge in [0.05, 0.1) is 0 Å². The summed E-state index contributed by atoms with van der Waals surface area (Å²) >= 11 is 0. The SMILES string of the molecule is CNC(=O)/C(=N/OC)c1ccccc1CO/N=C(/C)C(=NOC)/C(C)=N/OC. The fraction of sp³-hybridized carbons (Fsp3) is 0.389. The summed E-state index contributed by atoms with van der Waals surface area (Å²) in [5.74, 6) is -0.380. The summed E-state index contributed by atoms with van der Waals surface area (Å²) in [5.41, 5.74) is 2.70. The van der Waals surface area contributed by atoms with Crippen LogP contribution in [0.5, 0.6) is 0 Å². The van der Waals surface area contributed by atoms with E-state index in [0.29, 0.717) is 28.3 Å². The summed E-state index contributed by atoms with van der Waals surface area (Å²) in [6.45, 7) is 3.49. The molecule has 0 atom stereocenters. The molecule has 0 fully saturated rings. The van der Waals surface area contributed by atoms with Crippen molar-refractivity contribution in [2.45, 2.75) is 20.5 Å². The third-order valence-corrected chi connectivity index (χ3v) is 3.41. The van der Waals surface area contributed by atoms with E-state index in [2.05, 4.69) is 25.9 Å². The zero-order valence-corrected chi connectivity index (χ0v) is 16.8. The smallest absolute Gasteiger partial charge is 0.273 e. The second-order valence-corrected chi connectivity index (χ2v) is 5.29. The lowest BCUT2D eigenvalue weighted by Crippen LogP contribution is -2.29. The predicted molar refractivity (Wildman–Crippen MR) is 107 cm³/mol. The first-order valence-corrected chi connectivity index (χ1v) is 8.27. The molecule has 1 amide bonds. The van der Waals surface area contributed by atoms with E-state index in [-0.39, 0.29) is 18.2 Å². The third kappa shape index (κ3) is 6.38. The van der Waals surface area contributed by atoms with Crippen molar-refractivity contribution < 1.29 is 24.1 Å². The maximum Gasteiger partial charge on any atom is 0.273 e. The van der Waals surface area contributed by atoms with Crippen LogP contribution in [-0.4, -0.2) is 57.1 Å². The first-order valence-electron chi connectivity index (χ1n) is 8.27. The molecular formula is C18H25N5O5. The number of rotatable bonds is 10. The van der Waals surface area contributed by atoms with Crippen LogP contribution in [0.25, 0.3) is 0 Å². The summed E-state index contributed by atoms with van der Waals surface area (Å²) < 4.78 is 0. The molecule has 28 heavy (non-hydrogen) atoms. The minimum atomic E-state index is -0.380. The highest BCUT2D eigenvalue weighted by Gasteiger charge is 2.17. The van der Waals surface area contributed by atoms with Crippen molar-refractivity contribution in [2.24, 2.45) is 20.6 Å². The molecule has 0 unspecified atom stereocenters. The van der Waals surface area contributed by atoms with Gasteiger partial charge in [0.15, 0.2) is 11.4 Å². The number of nitrogens with zero attached hydrogens (tertiary/aromatic N) is 4. The van der Waals surface area contributed by atoms with Gasteiger partial charge in [-0.2, -0.15) is 0 Å². The van der Waals surface area contributed by atoms with Gasteiger partial charge < -0.3 is 24.7 Å². The molecule has 10 heteroatoms. The number of amides is 1. The van der Waals surface area contributed by atoms with Crippen molar-refractivity contribution >= 4 is 28.8 Å². The predicted octanol–water partition coefficient (Wildman–Crippen LogP) is 1.70. The Morgan fingerprint density at radius 2 is 1.54 bits per heavy atom. The molecular weight excluding hydrogens is 366 g/mol. The van der Waals surface area contributed by atoms with Crippen LogP contribution in [0.3, 0.4) is 0 Å². The van der Waals surface area contributed by atoms with Gasteiger partial charge in [-0.05, 0) is 13.8 Å². The van der Waals surface area contributed by atoms with Crippen LogP contribution < -0.4 is 5.32 Å². The van der Waals surface area contributed by atoms with E-state index in [1.165, 1.54) is 28.4 Å². The number of likely N-dealkylation sites (N-methyl/N-ethyl adjacent to an activating group) is 1. The van der Waals surface area contributed by atoms with Crippen LogP contribution in [0, 0.1) is 0 Å². The van der Waals surface area contributed by atoms with Gasteiger partial charge in [-0.15, -0.1) is 0 Å². The van der Waals surface area contributed by atoms with E-state index in [4.69, 9.17) is 19.4 Å². The van der Waals surface area contributed by atoms with E-state index in [1.54, 1.807) is 32.0 Å². The molecule has 0 radical (unpaired) electrons. The Morgan fingerprint density at radius 1 is 0.929 bits per heavy atom. The Kier molecular flexibility index (Phi) is 9.73. The van der Waals surface area contributed by atoms with Crippen LogP contribution in [0.15, 0.2) is 44.9 Å². The highest BCUT2D eigenvalue weighted by Crippen LogP contribution is 2.13. The van der Waals surface area contributed by atoms with E-state index < -0.39 is 0 Å². The van der Waals surface area contributed by atoms with Crippen LogP contribution >= 0.6 is 0 Å². The van der Waals surface area contributed by atoms with Crippen molar-refractivity contribution in [1.82, 2.24) is 5.32 Å².